The molecule has 0 unspecified atom stereocenters. The highest BCUT2D eigenvalue weighted by atomic mass is 19.3. The van der Waals surface area contributed by atoms with Gasteiger partial charge in [0, 0.05) is 17.5 Å². The van der Waals surface area contributed by atoms with E-state index in [-0.39, 0.29) is 17.9 Å². The zero-order valence-corrected chi connectivity index (χ0v) is 19.9. The molecule has 3 aromatic carbocycles. The Bertz CT molecular complexity index is 1260. The normalized spacial score (nSPS) is 11.5. The molecular weight excluding hydrogens is 508 g/mol. The molecule has 4 N–H and O–H groups in total. The summed E-state index contributed by atoms with van der Waals surface area (Å²) in [5.41, 5.74) is 14.2. The number of esters is 2. The smallest absolute Gasteiger partial charge is 0.461 e. The summed E-state index contributed by atoms with van der Waals surface area (Å²) >= 11 is 0. The number of nitrogens with two attached hydrogens (primary N) is 2. The van der Waals surface area contributed by atoms with E-state index in [0.29, 0.717) is 29.8 Å². The monoisotopic (exact) mass is 532 g/mol. The quantitative estimate of drug-likeness (QED) is 0.0838. The molecule has 0 saturated carbocycles. The van der Waals surface area contributed by atoms with Crippen LogP contribution in [0.2, 0.25) is 0 Å². The minimum Gasteiger partial charge on any atom is -0.463 e. The van der Waals surface area contributed by atoms with E-state index in [1.165, 1.54) is 24.3 Å². The van der Waals surface area contributed by atoms with Gasteiger partial charge in [0.15, 0.2) is 0 Å². The maximum atomic E-state index is 13.0. The van der Waals surface area contributed by atoms with Gasteiger partial charge in [-0.1, -0.05) is 12.1 Å². The molecule has 3 aromatic rings. The molecule has 0 atom stereocenters. The fourth-order valence-electron chi connectivity index (χ4n) is 3.23. The summed E-state index contributed by atoms with van der Waals surface area (Å²) in [5.74, 6) is -1.68. The Morgan fingerprint density at radius 3 is 2.11 bits per heavy atom. The second kappa shape index (κ2) is 12.6. The Hall–Kier alpha value is -4.54. The molecule has 200 valence electrons. The average Bonchev–Trinajstić information content (AvgIpc) is 2.86. The van der Waals surface area contributed by atoms with Crippen LogP contribution < -0.4 is 20.9 Å². The Balaban J connectivity index is 1.44. The lowest BCUT2D eigenvalue weighted by molar-refractivity contribution is -0.253. The van der Waals surface area contributed by atoms with E-state index in [9.17, 15) is 27.2 Å². The molecule has 38 heavy (non-hydrogen) atoms. The maximum Gasteiger partial charge on any atom is 0.461 e. The number of carbonyl (C=O) groups excluding carboxylic acids is 2. The van der Waals surface area contributed by atoms with Crippen LogP contribution >= 0.6 is 0 Å². The predicted molar refractivity (Wildman–Crippen MR) is 133 cm³/mol. The van der Waals surface area contributed by atoms with Crippen LogP contribution in [0.4, 0.5) is 28.9 Å². The zero-order chi connectivity index (χ0) is 27.7. The van der Waals surface area contributed by atoms with Crippen molar-refractivity contribution in [3.05, 3.63) is 89.5 Å². The molecule has 0 spiro atoms. The fraction of sp³-hybridized carbons (Fsp3) is 0.185. The topological polar surface area (TPSA) is 114 Å². The second-order valence-electron chi connectivity index (χ2n) is 8.06. The van der Waals surface area contributed by atoms with Gasteiger partial charge in [-0.05, 0) is 84.6 Å². The highest BCUT2D eigenvalue weighted by Gasteiger charge is 2.43. The third-order valence-electron chi connectivity index (χ3n) is 4.99. The number of carbonyl (C=O) groups is 2. The third-order valence-corrected chi connectivity index (χ3v) is 4.99. The van der Waals surface area contributed by atoms with Crippen molar-refractivity contribution < 1.29 is 41.4 Å². The number of alkyl halides is 4. The van der Waals surface area contributed by atoms with E-state index in [1.807, 2.05) is 12.1 Å². The first-order valence-electron chi connectivity index (χ1n) is 11.3. The van der Waals surface area contributed by atoms with Gasteiger partial charge < -0.3 is 25.7 Å². The van der Waals surface area contributed by atoms with Crippen LogP contribution in [0.15, 0.2) is 72.8 Å². The number of aryl methyl sites for hydroxylation is 1. The molecule has 0 aliphatic rings. The van der Waals surface area contributed by atoms with Crippen LogP contribution in [0.25, 0.3) is 6.08 Å². The number of hydrogen-bond acceptors (Lipinski definition) is 7. The van der Waals surface area contributed by atoms with Gasteiger partial charge in [-0.3, -0.25) is 0 Å². The van der Waals surface area contributed by atoms with Gasteiger partial charge in [0.1, 0.15) is 11.5 Å². The molecule has 0 saturated heterocycles. The minimum absolute atomic E-state index is 0.0105. The van der Waals surface area contributed by atoms with Crippen LogP contribution in [0, 0.1) is 0 Å². The first-order valence-corrected chi connectivity index (χ1v) is 11.3. The first-order chi connectivity index (χ1) is 18.0. The van der Waals surface area contributed by atoms with E-state index in [0.717, 1.165) is 29.8 Å². The van der Waals surface area contributed by atoms with Gasteiger partial charge in [-0.15, -0.1) is 0 Å². The van der Waals surface area contributed by atoms with Gasteiger partial charge in [-0.2, -0.15) is 17.6 Å². The van der Waals surface area contributed by atoms with E-state index in [4.69, 9.17) is 20.9 Å². The van der Waals surface area contributed by atoms with E-state index < -0.39 is 30.2 Å². The van der Waals surface area contributed by atoms with Gasteiger partial charge in [0.25, 0.3) is 0 Å². The SMILES string of the molecule is Nc1cc(N)cc(CCCOC(=O)/C=C/c2ccc(OC(=O)c3ccc(OC(F)(F)C(F)F)cc3)cc2)c1. The summed E-state index contributed by atoms with van der Waals surface area (Å²) in [6.07, 6.45) is -4.61. The summed E-state index contributed by atoms with van der Waals surface area (Å²) in [6, 6.07) is 15.6. The van der Waals surface area contributed by atoms with Gasteiger partial charge in [0.2, 0.25) is 0 Å². The second-order valence-corrected chi connectivity index (χ2v) is 8.06. The minimum atomic E-state index is -4.65. The molecular formula is C27H24F4N2O5. The van der Waals surface area contributed by atoms with Crippen molar-refractivity contribution in [2.75, 3.05) is 18.1 Å². The Morgan fingerprint density at radius 2 is 1.50 bits per heavy atom. The van der Waals surface area contributed by atoms with Gasteiger partial charge >= 0.3 is 24.5 Å². The van der Waals surface area contributed by atoms with Crippen LogP contribution in [0.5, 0.6) is 11.5 Å². The third kappa shape index (κ3) is 8.54. The molecule has 0 fully saturated rings. The van der Waals surface area contributed by atoms with Crippen LogP contribution in [-0.2, 0) is 16.0 Å². The van der Waals surface area contributed by atoms with E-state index >= 15 is 0 Å². The summed E-state index contributed by atoms with van der Waals surface area (Å²) in [4.78, 5) is 24.2. The number of rotatable bonds is 11. The Labute approximate surface area is 215 Å². The summed E-state index contributed by atoms with van der Waals surface area (Å²) < 4.78 is 64.7. The lowest BCUT2D eigenvalue weighted by atomic mass is 10.1. The lowest BCUT2D eigenvalue weighted by Gasteiger charge is -2.16. The molecule has 3 rings (SSSR count). The summed E-state index contributed by atoms with van der Waals surface area (Å²) in [6.45, 7) is 0.217. The van der Waals surface area contributed by atoms with Crippen LogP contribution in [-0.4, -0.2) is 31.1 Å². The van der Waals surface area contributed by atoms with E-state index in [2.05, 4.69) is 4.74 Å². The first kappa shape index (κ1) is 28.0. The molecule has 11 heteroatoms. The zero-order valence-electron chi connectivity index (χ0n) is 19.9. The van der Waals surface area contributed by atoms with Crippen molar-refractivity contribution in [3.8, 4) is 11.5 Å². The molecule has 0 aliphatic heterocycles. The highest BCUT2D eigenvalue weighted by molar-refractivity contribution is 5.91. The molecule has 0 aromatic heterocycles. The van der Waals surface area contributed by atoms with Crippen molar-refractivity contribution in [1.82, 2.24) is 0 Å². The number of ether oxygens (including phenoxy) is 3. The molecule has 0 heterocycles. The predicted octanol–water partition coefficient (Wildman–Crippen LogP) is 5.50. The summed E-state index contributed by atoms with van der Waals surface area (Å²) in [7, 11) is 0. The fourth-order valence-corrected chi connectivity index (χ4v) is 3.23. The van der Waals surface area contributed by atoms with Crippen LogP contribution in [0.1, 0.15) is 27.9 Å². The van der Waals surface area contributed by atoms with Crippen molar-refractivity contribution in [1.29, 1.82) is 0 Å². The number of nitrogen functional groups attached to an aromatic ring is 2. The highest BCUT2D eigenvalue weighted by Crippen LogP contribution is 2.27. The molecule has 0 radical (unpaired) electrons. The van der Waals surface area contributed by atoms with Crippen molar-refractivity contribution >= 4 is 29.4 Å². The standard InChI is InChI=1S/C27H24F4N2O5/c28-26(29)27(30,31)38-23-10-6-19(7-11-23)25(35)37-22-8-3-17(4-9-22)5-12-24(34)36-13-1-2-18-14-20(32)16-21(33)15-18/h3-12,14-16,26H,1-2,13,32-33H2/b12-5+. The number of halogens is 4. The number of hydrogen-bond donors (Lipinski definition) is 2. The molecule has 7 nitrogen and oxygen atoms in total. The Morgan fingerprint density at radius 1 is 0.895 bits per heavy atom. The molecule has 0 bridgehead atoms. The largest absolute Gasteiger partial charge is 0.463 e. The average molecular weight is 532 g/mol. The number of benzene rings is 3. The molecule has 0 aliphatic carbocycles. The van der Waals surface area contributed by atoms with Crippen molar-refractivity contribution in [2.24, 2.45) is 0 Å². The van der Waals surface area contributed by atoms with Gasteiger partial charge in [0.05, 0.1) is 12.2 Å². The van der Waals surface area contributed by atoms with Crippen molar-refractivity contribution in [3.63, 3.8) is 0 Å². The Kier molecular flexibility index (Phi) is 9.31. The van der Waals surface area contributed by atoms with Crippen LogP contribution in [0.3, 0.4) is 0 Å². The summed E-state index contributed by atoms with van der Waals surface area (Å²) in [5, 5.41) is 0. The number of anilines is 2. The molecule has 0 amide bonds. The lowest BCUT2D eigenvalue weighted by Crippen LogP contribution is -2.33. The van der Waals surface area contributed by atoms with E-state index in [1.54, 1.807) is 18.2 Å². The maximum absolute atomic E-state index is 13.0. The van der Waals surface area contributed by atoms with Crippen molar-refractivity contribution in [2.45, 2.75) is 25.4 Å². The van der Waals surface area contributed by atoms with Gasteiger partial charge in [-0.25, -0.2) is 9.59 Å².